The van der Waals surface area contributed by atoms with E-state index < -0.39 is 0 Å². The first-order valence-corrected chi connectivity index (χ1v) is 10.0. The van der Waals surface area contributed by atoms with Crippen molar-refractivity contribution < 1.29 is 4.74 Å². The summed E-state index contributed by atoms with van der Waals surface area (Å²) in [5.74, 6) is 2.60. The summed E-state index contributed by atoms with van der Waals surface area (Å²) in [5.41, 5.74) is 1.36. The number of ether oxygens (including phenoxy) is 1. The number of hydrogen-bond donors (Lipinski definition) is 2. The van der Waals surface area contributed by atoms with Gasteiger partial charge in [-0.15, -0.1) is 24.0 Å². The third-order valence-corrected chi connectivity index (χ3v) is 5.13. The molecular weight excluding hydrogens is 451 g/mol. The zero-order chi connectivity index (χ0) is 18.6. The van der Waals surface area contributed by atoms with Gasteiger partial charge in [-0.05, 0) is 56.0 Å². The molecule has 2 N–H and O–H groups in total. The predicted octanol–water partition coefficient (Wildman–Crippen LogP) is 3.88. The Balaban J connectivity index is 0.00000364. The largest absolute Gasteiger partial charge is 0.497 e. The number of unbranched alkanes of at least 4 members (excludes halogenated alkanes) is 2. The minimum Gasteiger partial charge on any atom is -0.497 e. The number of nitrogens with zero attached hydrogens (tertiary/aromatic N) is 2. The van der Waals surface area contributed by atoms with Gasteiger partial charge in [0, 0.05) is 26.7 Å². The molecule has 154 valence electrons. The van der Waals surface area contributed by atoms with E-state index in [2.05, 4.69) is 39.6 Å². The minimum absolute atomic E-state index is 0. The number of nitrogens with one attached hydrogen (secondary N) is 2. The van der Waals surface area contributed by atoms with Crippen molar-refractivity contribution in [3.05, 3.63) is 29.8 Å². The number of aliphatic imine (C=N–C) groups is 1. The van der Waals surface area contributed by atoms with Gasteiger partial charge < -0.3 is 15.4 Å². The van der Waals surface area contributed by atoms with Crippen LogP contribution in [-0.2, 0) is 6.54 Å². The van der Waals surface area contributed by atoms with Gasteiger partial charge in [0.05, 0.1) is 7.11 Å². The monoisotopic (exact) mass is 488 g/mol. The number of rotatable bonds is 9. The van der Waals surface area contributed by atoms with Crippen LogP contribution in [0.25, 0.3) is 0 Å². The van der Waals surface area contributed by atoms with Crippen LogP contribution in [0.5, 0.6) is 5.75 Å². The average Bonchev–Trinajstić information content (AvgIpc) is 2.69. The van der Waals surface area contributed by atoms with Crippen LogP contribution >= 0.6 is 24.0 Å². The van der Waals surface area contributed by atoms with Crippen molar-refractivity contribution in [3.63, 3.8) is 0 Å². The fourth-order valence-corrected chi connectivity index (χ4v) is 3.38. The van der Waals surface area contributed by atoms with Crippen molar-refractivity contribution in [1.29, 1.82) is 0 Å². The molecule has 0 aliphatic carbocycles. The predicted molar refractivity (Wildman–Crippen MR) is 125 cm³/mol. The fourth-order valence-electron chi connectivity index (χ4n) is 3.38. The molecule has 27 heavy (non-hydrogen) atoms. The van der Waals surface area contributed by atoms with Crippen LogP contribution in [-0.4, -0.2) is 51.2 Å². The average molecular weight is 488 g/mol. The number of halogens is 1. The third kappa shape index (κ3) is 9.14. The van der Waals surface area contributed by atoms with E-state index in [0.29, 0.717) is 0 Å². The first-order chi connectivity index (χ1) is 12.7. The highest BCUT2D eigenvalue weighted by Crippen LogP contribution is 2.19. The summed E-state index contributed by atoms with van der Waals surface area (Å²) in [6.45, 7) is 7.62. The zero-order valence-electron chi connectivity index (χ0n) is 17.2. The van der Waals surface area contributed by atoms with Crippen LogP contribution in [0.3, 0.4) is 0 Å². The lowest BCUT2D eigenvalue weighted by Gasteiger charge is -2.32. The van der Waals surface area contributed by atoms with E-state index in [4.69, 9.17) is 4.74 Å². The van der Waals surface area contributed by atoms with Crippen LogP contribution in [0.1, 0.15) is 44.6 Å². The van der Waals surface area contributed by atoms with Gasteiger partial charge in [-0.25, -0.2) is 0 Å². The Labute approximate surface area is 182 Å². The Hall–Kier alpha value is -1.02. The lowest BCUT2D eigenvalue weighted by atomic mass is 9.96. The Morgan fingerprint density at radius 3 is 2.44 bits per heavy atom. The Kier molecular flexibility index (Phi) is 12.5. The second kappa shape index (κ2) is 14.0. The normalized spacial score (nSPS) is 15.9. The van der Waals surface area contributed by atoms with Crippen LogP contribution in [0, 0.1) is 5.92 Å². The van der Waals surface area contributed by atoms with Gasteiger partial charge in [0.25, 0.3) is 0 Å². The first kappa shape index (κ1) is 24.0. The van der Waals surface area contributed by atoms with Gasteiger partial charge in [-0.2, -0.15) is 0 Å². The highest BCUT2D eigenvalue weighted by atomic mass is 127. The maximum absolute atomic E-state index is 5.23. The number of benzene rings is 1. The molecule has 1 heterocycles. The summed E-state index contributed by atoms with van der Waals surface area (Å²) < 4.78 is 5.23. The lowest BCUT2D eigenvalue weighted by molar-refractivity contribution is 0.178. The summed E-state index contributed by atoms with van der Waals surface area (Å²) >= 11 is 0. The van der Waals surface area contributed by atoms with Gasteiger partial charge >= 0.3 is 0 Å². The molecule has 0 saturated carbocycles. The molecule has 0 radical (unpaired) electrons. The van der Waals surface area contributed by atoms with E-state index in [-0.39, 0.29) is 24.0 Å². The molecule has 0 bridgehead atoms. The number of guanidine groups is 1. The highest BCUT2D eigenvalue weighted by molar-refractivity contribution is 14.0. The zero-order valence-corrected chi connectivity index (χ0v) is 19.5. The second-order valence-electron chi connectivity index (χ2n) is 7.15. The lowest BCUT2D eigenvalue weighted by Crippen LogP contribution is -2.43. The third-order valence-electron chi connectivity index (χ3n) is 5.13. The first-order valence-electron chi connectivity index (χ1n) is 10.0. The molecule has 1 aliphatic heterocycles. The van der Waals surface area contributed by atoms with E-state index in [1.54, 1.807) is 7.11 Å². The standard InChI is InChI=1S/C21H36N4O.HI/c1-4-5-6-13-23-21(22-2)24-16-18-11-14-25(15-12-18)17-19-7-9-20(26-3)10-8-19;/h7-10,18H,4-6,11-17H2,1-3H3,(H2,22,23,24);1H. The molecule has 5 nitrogen and oxygen atoms in total. The molecule has 0 amide bonds. The Morgan fingerprint density at radius 1 is 1.15 bits per heavy atom. The SMILES string of the molecule is CCCCCNC(=NC)NCC1CCN(Cc2ccc(OC)cc2)CC1.I. The van der Waals surface area contributed by atoms with E-state index in [0.717, 1.165) is 37.3 Å². The fraction of sp³-hybridized carbons (Fsp3) is 0.667. The molecule has 6 heteroatoms. The van der Waals surface area contributed by atoms with Crippen LogP contribution in [0.4, 0.5) is 0 Å². The summed E-state index contributed by atoms with van der Waals surface area (Å²) in [4.78, 5) is 6.88. The van der Waals surface area contributed by atoms with Crippen molar-refractivity contribution in [2.45, 2.75) is 45.6 Å². The molecule has 2 rings (SSSR count). The molecule has 1 aromatic carbocycles. The Bertz CT molecular complexity index is 527. The van der Waals surface area contributed by atoms with E-state index >= 15 is 0 Å². The number of hydrogen-bond acceptors (Lipinski definition) is 3. The van der Waals surface area contributed by atoms with Crippen molar-refractivity contribution >= 4 is 29.9 Å². The van der Waals surface area contributed by atoms with Crippen molar-refractivity contribution in [2.24, 2.45) is 10.9 Å². The van der Waals surface area contributed by atoms with Crippen molar-refractivity contribution in [2.75, 3.05) is 40.3 Å². The van der Waals surface area contributed by atoms with Gasteiger partial charge in [-0.3, -0.25) is 9.89 Å². The molecule has 0 atom stereocenters. The minimum atomic E-state index is 0. The van der Waals surface area contributed by atoms with E-state index in [1.807, 2.05) is 19.2 Å². The highest BCUT2D eigenvalue weighted by Gasteiger charge is 2.19. The van der Waals surface area contributed by atoms with Crippen LogP contribution in [0.2, 0.25) is 0 Å². The summed E-state index contributed by atoms with van der Waals surface area (Å²) in [6.07, 6.45) is 6.23. The molecule has 0 unspecified atom stereocenters. The molecule has 1 saturated heterocycles. The van der Waals surface area contributed by atoms with Crippen LogP contribution in [0.15, 0.2) is 29.3 Å². The maximum atomic E-state index is 5.23. The second-order valence-corrected chi connectivity index (χ2v) is 7.15. The molecule has 1 fully saturated rings. The number of likely N-dealkylation sites (tertiary alicyclic amines) is 1. The molecular formula is C21H37IN4O. The number of piperidine rings is 1. The summed E-state index contributed by atoms with van der Waals surface area (Å²) in [7, 11) is 3.57. The molecule has 1 aromatic rings. The van der Waals surface area contributed by atoms with Gasteiger partial charge in [0.15, 0.2) is 5.96 Å². The van der Waals surface area contributed by atoms with Crippen molar-refractivity contribution in [3.8, 4) is 5.75 Å². The van der Waals surface area contributed by atoms with Crippen molar-refractivity contribution in [1.82, 2.24) is 15.5 Å². The quantitative estimate of drug-likeness (QED) is 0.240. The van der Waals surface area contributed by atoms with E-state index in [9.17, 15) is 0 Å². The van der Waals surface area contributed by atoms with E-state index in [1.165, 1.54) is 50.8 Å². The topological polar surface area (TPSA) is 48.9 Å². The molecule has 1 aliphatic rings. The van der Waals surface area contributed by atoms with Gasteiger partial charge in [0.2, 0.25) is 0 Å². The molecule has 0 aromatic heterocycles. The summed E-state index contributed by atoms with van der Waals surface area (Å²) in [5, 5.41) is 6.91. The molecule has 0 spiro atoms. The smallest absolute Gasteiger partial charge is 0.190 e. The van der Waals surface area contributed by atoms with Gasteiger partial charge in [-0.1, -0.05) is 31.9 Å². The maximum Gasteiger partial charge on any atom is 0.190 e. The summed E-state index contributed by atoms with van der Waals surface area (Å²) in [6, 6.07) is 8.43. The Morgan fingerprint density at radius 2 is 1.85 bits per heavy atom. The number of methoxy groups -OCH3 is 1. The van der Waals surface area contributed by atoms with Gasteiger partial charge in [0.1, 0.15) is 5.75 Å². The van der Waals surface area contributed by atoms with Crippen LogP contribution < -0.4 is 15.4 Å².